The van der Waals surface area contributed by atoms with E-state index in [1.807, 2.05) is 48.5 Å². The highest BCUT2D eigenvalue weighted by molar-refractivity contribution is 8.00. The van der Waals surface area contributed by atoms with E-state index < -0.39 is 0 Å². The number of nitrogens with zero attached hydrogens (tertiary/aromatic N) is 1. The van der Waals surface area contributed by atoms with Crippen LogP contribution in [0.4, 0.5) is 0 Å². The number of thioether (sulfide) groups is 1. The molecule has 1 heterocycles. The van der Waals surface area contributed by atoms with Gasteiger partial charge in [0.25, 0.3) is 0 Å². The summed E-state index contributed by atoms with van der Waals surface area (Å²) in [6.45, 7) is 7.09. The first kappa shape index (κ1) is 13.9. The second-order valence-electron chi connectivity index (χ2n) is 5.30. The summed E-state index contributed by atoms with van der Waals surface area (Å²) in [4.78, 5) is 4.51. The molecule has 0 spiro atoms. The van der Waals surface area contributed by atoms with Gasteiger partial charge in [-0.25, -0.2) is 4.98 Å². The Hall–Kier alpha value is -1.48. The van der Waals surface area contributed by atoms with Crippen LogP contribution in [0.2, 0.25) is 0 Å². The first-order chi connectivity index (χ1) is 9.03. The lowest BCUT2D eigenvalue weighted by Crippen LogP contribution is -2.07. The maximum atomic E-state index is 5.72. The van der Waals surface area contributed by atoms with Gasteiger partial charge in [0.2, 0.25) is 5.88 Å². The van der Waals surface area contributed by atoms with Crippen LogP contribution in [0.1, 0.15) is 26.3 Å². The van der Waals surface area contributed by atoms with Gasteiger partial charge in [0.05, 0.1) is 0 Å². The molecule has 0 saturated carbocycles. The predicted molar refractivity (Wildman–Crippen MR) is 80.6 cm³/mol. The van der Waals surface area contributed by atoms with Crippen LogP contribution in [-0.2, 0) is 6.61 Å². The molecule has 1 aromatic heterocycles. The molecular formula is C16H19NOS. The van der Waals surface area contributed by atoms with Crippen LogP contribution >= 0.6 is 11.8 Å². The zero-order valence-corrected chi connectivity index (χ0v) is 12.4. The van der Waals surface area contributed by atoms with Gasteiger partial charge in [-0.15, -0.1) is 11.8 Å². The Bertz CT molecular complexity index is 520. The third-order valence-electron chi connectivity index (χ3n) is 2.34. The van der Waals surface area contributed by atoms with Crippen molar-refractivity contribution >= 4 is 11.8 Å². The molecule has 0 amide bonds. The van der Waals surface area contributed by atoms with E-state index in [9.17, 15) is 0 Å². The number of hydrogen-bond donors (Lipinski definition) is 0. The van der Waals surface area contributed by atoms with Gasteiger partial charge < -0.3 is 4.74 Å². The fourth-order valence-corrected chi connectivity index (χ4v) is 2.49. The highest BCUT2D eigenvalue weighted by atomic mass is 32.2. The topological polar surface area (TPSA) is 22.1 Å². The Morgan fingerprint density at radius 1 is 1.00 bits per heavy atom. The summed E-state index contributed by atoms with van der Waals surface area (Å²) < 4.78 is 5.88. The third kappa shape index (κ3) is 4.95. The first-order valence-electron chi connectivity index (χ1n) is 6.36. The Morgan fingerprint density at radius 2 is 1.74 bits per heavy atom. The van der Waals surface area contributed by atoms with Crippen LogP contribution in [0.3, 0.4) is 0 Å². The molecule has 0 aliphatic carbocycles. The minimum absolute atomic E-state index is 0.158. The maximum Gasteiger partial charge on any atom is 0.214 e. The summed E-state index contributed by atoms with van der Waals surface area (Å²) in [5, 5.41) is 0.998. The van der Waals surface area contributed by atoms with Crippen molar-refractivity contribution in [2.75, 3.05) is 0 Å². The highest BCUT2D eigenvalue weighted by Crippen LogP contribution is 2.31. The molecule has 0 radical (unpaired) electrons. The molecule has 0 N–H and O–H groups in total. The van der Waals surface area contributed by atoms with Gasteiger partial charge in [0.15, 0.2) is 0 Å². The molecular weight excluding hydrogens is 254 g/mol. The quantitative estimate of drug-likeness (QED) is 0.763. The van der Waals surface area contributed by atoms with E-state index in [1.54, 1.807) is 11.8 Å². The largest absolute Gasteiger partial charge is 0.473 e. The number of ether oxygens (including phenoxy) is 1. The summed E-state index contributed by atoms with van der Waals surface area (Å²) in [5.41, 5.74) is 1.15. The van der Waals surface area contributed by atoms with Crippen molar-refractivity contribution < 1.29 is 4.74 Å². The monoisotopic (exact) mass is 273 g/mol. The van der Waals surface area contributed by atoms with E-state index in [4.69, 9.17) is 4.74 Å². The normalized spacial score (nSPS) is 11.3. The zero-order valence-electron chi connectivity index (χ0n) is 11.6. The standard InChI is InChI=1S/C16H19NOS/c1-16(2,3)19-15-11-7-10-14(17-15)18-12-13-8-5-4-6-9-13/h4-11H,12H2,1-3H3. The van der Waals surface area contributed by atoms with Crippen LogP contribution in [0.25, 0.3) is 0 Å². The Labute approximate surface area is 119 Å². The van der Waals surface area contributed by atoms with Crippen LogP contribution in [0, 0.1) is 0 Å². The van der Waals surface area contributed by atoms with E-state index in [1.165, 1.54) is 0 Å². The molecule has 0 bridgehead atoms. The van der Waals surface area contributed by atoms with Crippen molar-refractivity contribution in [3.63, 3.8) is 0 Å². The van der Waals surface area contributed by atoms with E-state index in [0.29, 0.717) is 12.5 Å². The van der Waals surface area contributed by atoms with Gasteiger partial charge in [-0.05, 0) is 11.6 Å². The smallest absolute Gasteiger partial charge is 0.214 e. The van der Waals surface area contributed by atoms with E-state index in [0.717, 1.165) is 10.6 Å². The van der Waals surface area contributed by atoms with Gasteiger partial charge in [-0.3, -0.25) is 0 Å². The zero-order chi connectivity index (χ0) is 13.7. The third-order valence-corrected chi connectivity index (χ3v) is 3.39. The minimum atomic E-state index is 0.158. The van der Waals surface area contributed by atoms with Crippen LogP contribution in [0.5, 0.6) is 5.88 Å². The summed E-state index contributed by atoms with van der Waals surface area (Å²) in [6, 6.07) is 16.0. The molecule has 0 unspecified atom stereocenters. The van der Waals surface area contributed by atoms with Crippen LogP contribution in [-0.4, -0.2) is 9.73 Å². The summed E-state index contributed by atoms with van der Waals surface area (Å²) >= 11 is 1.75. The molecule has 0 aliphatic heterocycles. The lowest BCUT2D eigenvalue weighted by atomic mass is 10.2. The first-order valence-corrected chi connectivity index (χ1v) is 7.17. The molecule has 0 aliphatic rings. The molecule has 3 heteroatoms. The van der Waals surface area contributed by atoms with Gasteiger partial charge in [0, 0.05) is 10.8 Å². The van der Waals surface area contributed by atoms with Crippen LogP contribution in [0.15, 0.2) is 53.6 Å². The molecule has 0 fully saturated rings. The van der Waals surface area contributed by atoms with Gasteiger partial charge >= 0.3 is 0 Å². The predicted octanol–water partition coefficient (Wildman–Crippen LogP) is 4.55. The molecule has 19 heavy (non-hydrogen) atoms. The van der Waals surface area contributed by atoms with Crippen molar-refractivity contribution in [1.82, 2.24) is 4.98 Å². The van der Waals surface area contributed by atoms with Crippen molar-refractivity contribution in [3.05, 3.63) is 54.1 Å². The summed E-state index contributed by atoms with van der Waals surface area (Å²) in [7, 11) is 0. The average molecular weight is 273 g/mol. The summed E-state index contributed by atoms with van der Waals surface area (Å²) in [5.74, 6) is 0.679. The average Bonchev–Trinajstić information content (AvgIpc) is 2.36. The number of rotatable bonds is 4. The fourth-order valence-electron chi connectivity index (χ4n) is 1.58. The van der Waals surface area contributed by atoms with Crippen molar-refractivity contribution in [2.45, 2.75) is 37.2 Å². The molecule has 2 nitrogen and oxygen atoms in total. The molecule has 2 aromatic rings. The number of aromatic nitrogens is 1. The Kier molecular flexibility index (Phi) is 4.48. The molecule has 0 saturated heterocycles. The molecule has 0 atom stereocenters. The maximum absolute atomic E-state index is 5.72. The van der Waals surface area contributed by atoms with E-state index in [-0.39, 0.29) is 4.75 Å². The van der Waals surface area contributed by atoms with Crippen molar-refractivity contribution in [3.8, 4) is 5.88 Å². The Morgan fingerprint density at radius 3 is 2.42 bits per heavy atom. The van der Waals surface area contributed by atoms with Crippen molar-refractivity contribution in [2.24, 2.45) is 0 Å². The van der Waals surface area contributed by atoms with Gasteiger partial charge in [-0.1, -0.05) is 57.2 Å². The minimum Gasteiger partial charge on any atom is -0.473 e. The van der Waals surface area contributed by atoms with Gasteiger partial charge in [0.1, 0.15) is 11.6 Å². The molecule has 100 valence electrons. The lowest BCUT2D eigenvalue weighted by Gasteiger charge is -2.17. The lowest BCUT2D eigenvalue weighted by molar-refractivity contribution is 0.292. The number of hydrogen-bond acceptors (Lipinski definition) is 3. The number of pyridine rings is 1. The summed E-state index contributed by atoms with van der Waals surface area (Å²) in [6.07, 6.45) is 0. The number of benzene rings is 1. The SMILES string of the molecule is CC(C)(C)Sc1cccc(OCc2ccccc2)n1. The molecule has 1 aromatic carbocycles. The fraction of sp³-hybridized carbons (Fsp3) is 0.312. The van der Waals surface area contributed by atoms with E-state index in [2.05, 4.69) is 25.8 Å². The van der Waals surface area contributed by atoms with E-state index >= 15 is 0 Å². The highest BCUT2D eigenvalue weighted by Gasteiger charge is 2.13. The van der Waals surface area contributed by atoms with Crippen LogP contribution < -0.4 is 4.74 Å². The van der Waals surface area contributed by atoms with Gasteiger partial charge in [-0.2, -0.15) is 0 Å². The second-order valence-corrected chi connectivity index (χ2v) is 7.15. The second kappa shape index (κ2) is 6.11. The Balaban J connectivity index is 1.99. The van der Waals surface area contributed by atoms with Crippen molar-refractivity contribution in [1.29, 1.82) is 0 Å². The molecule has 2 rings (SSSR count).